The zero-order valence-electron chi connectivity index (χ0n) is 19.4. The second kappa shape index (κ2) is 10.0. The molecule has 4 N–H and O–H groups in total. The number of nitrogens with one attached hydrogen (secondary N) is 3. The molecule has 1 aromatic rings. The third-order valence-electron chi connectivity index (χ3n) is 7.91. The molecule has 2 aliphatic carbocycles. The summed E-state index contributed by atoms with van der Waals surface area (Å²) in [6.07, 6.45) is 3.22. The van der Waals surface area contributed by atoms with Gasteiger partial charge in [-0.15, -0.1) is 0 Å². The maximum absolute atomic E-state index is 12.9. The number of fused-ring (bicyclic) bond motifs is 1. The molecule has 0 aromatic heterocycles. The van der Waals surface area contributed by atoms with Gasteiger partial charge >= 0.3 is 6.03 Å². The molecule has 2 saturated carbocycles. The van der Waals surface area contributed by atoms with Crippen molar-refractivity contribution in [3.8, 4) is 0 Å². The van der Waals surface area contributed by atoms with Crippen LogP contribution in [0.15, 0.2) is 30.3 Å². The van der Waals surface area contributed by atoms with Crippen LogP contribution in [-0.4, -0.2) is 35.7 Å². The number of carbonyl (C=O) groups is 2. The van der Waals surface area contributed by atoms with E-state index < -0.39 is 6.10 Å². The Bertz CT molecular complexity index is 756. The normalized spacial score (nSPS) is 33.6. The van der Waals surface area contributed by atoms with Crippen LogP contribution in [0.2, 0.25) is 0 Å². The molecule has 0 bridgehead atoms. The highest BCUT2D eigenvalue weighted by Crippen LogP contribution is 2.55. The molecule has 7 atom stereocenters. The second-order valence-electron chi connectivity index (χ2n) is 9.87. The number of rotatable bonds is 6. The molecule has 3 rings (SSSR count). The summed E-state index contributed by atoms with van der Waals surface area (Å²) in [6.45, 7) is 9.35. The Kier molecular flexibility index (Phi) is 7.63. The Balaban J connectivity index is 1.66. The van der Waals surface area contributed by atoms with Crippen LogP contribution < -0.4 is 16.0 Å². The Morgan fingerprint density at radius 2 is 1.84 bits per heavy atom. The summed E-state index contributed by atoms with van der Waals surface area (Å²) in [4.78, 5) is 25.0. The highest BCUT2D eigenvalue weighted by Gasteiger charge is 2.53. The van der Waals surface area contributed by atoms with Crippen molar-refractivity contribution >= 4 is 11.9 Å². The largest absolute Gasteiger partial charge is 0.392 e. The molecule has 2 fully saturated rings. The van der Waals surface area contributed by atoms with Gasteiger partial charge in [0.1, 0.15) is 0 Å². The van der Waals surface area contributed by atoms with Crippen molar-refractivity contribution in [2.24, 2.45) is 29.1 Å². The number of carbonyl (C=O) groups excluding carboxylic acids is 2. The molecule has 6 heteroatoms. The molecule has 0 unspecified atom stereocenters. The molecule has 0 aliphatic heterocycles. The maximum atomic E-state index is 12.9. The van der Waals surface area contributed by atoms with Crippen molar-refractivity contribution in [2.75, 3.05) is 6.54 Å². The van der Waals surface area contributed by atoms with Crippen molar-refractivity contribution in [3.05, 3.63) is 35.9 Å². The Morgan fingerprint density at radius 1 is 1.16 bits per heavy atom. The van der Waals surface area contributed by atoms with Crippen LogP contribution in [0, 0.1) is 29.1 Å². The summed E-state index contributed by atoms with van der Waals surface area (Å²) in [5.74, 6) is -0.112. The quantitative estimate of drug-likeness (QED) is 0.558. The molecule has 0 radical (unpaired) electrons. The molecule has 0 spiro atoms. The van der Waals surface area contributed by atoms with Gasteiger partial charge in [-0.3, -0.25) is 4.79 Å². The van der Waals surface area contributed by atoms with E-state index in [1.807, 2.05) is 44.2 Å². The lowest BCUT2D eigenvalue weighted by Gasteiger charge is -2.56. The van der Waals surface area contributed by atoms with Crippen LogP contribution >= 0.6 is 0 Å². The zero-order valence-corrected chi connectivity index (χ0v) is 19.4. The van der Waals surface area contributed by atoms with Crippen LogP contribution in [0.3, 0.4) is 0 Å². The van der Waals surface area contributed by atoms with E-state index in [1.165, 1.54) is 0 Å². The van der Waals surface area contributed by atoms with E-state index >= 15 is 0 Å². The SMILES string of the molecule is CCNC(=O)N[C@H]1CC[C@]2(C)CC[C@@H]([C@H](C)C(=O)NCc3ccccc3)[C@H](O)[C@H]2[C@@H]1C. The van der Waals surface area contributed by atoms with Gasteiger partial charge in [0, 0.05) is 25.0 Å². The van der Waals surface area contributed by atoms with E-state index in [0.717, 1.165) is 31.2 Å². The number of urea groups is 1. The smallest absolute Gasteiger partial charge is 0.315 e. The number of hydrogen-bond donors (Lipinski definition) is 4. The van der Waals surface area contributed by atoms with Crippen LogP contribution in [-0.2, 0) is 11.3 Å². The minimum atomic E-state index is -0.551. The van der Waals surface area contributed by atoms with Crippen LogP contribution in [0.25, 0.3) is 0 Å². The molecule has 0 saturated heterocycles. The summed E-state index contributed by atoms with van der Waals surface area (Å²) < 4.78 is 0. The highest BCUT2D eigenvalue weighted by molar-refractivity contribution is 5.78. The summed E-state index contributed by atoms with van der Waals surface area (Å²) >= 11 is 0. The Hall–Kier alpha value is -2.08. The Labute approximate surface area is 186 Å². The first-order chi connectivity index (χ1) is 14.8. The molecule has 2 aliphatic rings. The lowest BCUT2D eigenvalue weighted by molar-refractivity contribution is -0.142. The highest BCUT2D eigenvalue weighted by atomic mass is 16.3. The number of aliphatic hydroxyl groups excluding tert-OH is 1. The van der Waals surface area contributed by atoms with Gasteiger partial charge in [-0.2, -0.15) is 0 Å². The first kappa shape index (κ1) is 23.6. The Morgan fingerprint density at radius 3 is 2.52 bits per heavy atom. The van der Waals surface area contributed by atoms with Crippen LogP contribution in [0.1, 0.15) is 58.9 Å². The lowest BCUT2D eigenvalue weighted by Crippen LogP contribution is -2.59. The fourth-order valence-corrected chi connectivity index (χ4v) is 6.02. The topological polar surface area (TPSA) is 90.5 Å². The standard InChI is InChI=1S/C25H39N3O3/c1-5-26-24(31)28-20-12-14-25(4)13-11-19(22(29)21(25)17(20)3)16(2)23(30)27-15-18-9-7-6-8-10-18/h6-10,16-17,19-22,29H,5,11-15H2,1-4H3,(H,27,30)(H2,26,28,31)/t16-,17+,19-,20-,21+,22-,25-/m0/s1. The first-order valence-electron chi connectivity index (χ1n) is 11.8. The minimum Gasteiger partial charge on any atom is -0.392 e. The molecule has 1 aromatic carbocycles. The average Bonchev–Trinajstić information content (AvgIpc) is 2.75. The molecular weight excluding hydrogens is 390 g/mol. The van der Waals surface area contributed by atoms with Gasteiger partial charge in [0.2, 0.25) is 5.91 Å². The first-order valence-corrected chi connectivity index (χ1v) is 11.8. The van der Waals surface area contributed by atoms with Crippen molar-refractivity contribution in [1.29, 1.82) is 0 Å². The molecular formula is C25H39N3O3. The maximum Gasteiger partial charge on any atom is 0.315 e. The zero-order chi connectivity index (χ0) is 22.6. The number of amides is 3. The number of aliphatic hydroxyl groups is 1. The van der Waals surface area contributed by atoms with Crippen molar-refractivity contribution in [2.45, 2.75) is 72.1 Å². The van der Waals surface area contributed by atoms with E-state index in [9.17, 15) is 14.7 Å². The second-order valence-corrected chi connectivity index (χ2v) is 9.87. The van der Waals surface area contributed by atoms with E-state index in [2.05, 4.69) is 29.8 Å². The van der Waals surface area contributed by atoms with Gasteiger partial charge in [0.15, 0.2) is 0 Å². The molecule has 3 amide bonds. The minimum absolute atomic E-state index is 0.00281. The molecule has 172 valence electrons. The predicted octanol–water partition coefficient (Wildman–Crippen LogP) is 3.45. The fourth-order valence-electron chi connectivity index (χ4n) is 6.02. The van der Waals surface area contributed by atoms with E-state index in [1.54, 1.807) is 0 Å². The average molecular weight is 430 g/mol. The van der Waals surface area contributed by atoms with Gasteiger partial charge in [-0.1, -0.05) is 51.1 Å². The monoisotopic (exact) mass is 429 g/mol. The van der Waals surface area contributed by atoms with Gasteiger partial charge in [-0.25, -0.2) is 4.79 Å². The summed E-state index contributed by atoms with van der Waals surface area (Å²) in [7, 11) is 0. The van der Waals surface area contributed by atoms with Crippen molar-refractivity contribution in [3.63, 3.8) is 0 Å². The van der Waals surface area contributed by atoms with Crippen LogP contribution in [0.4, 0.5) is 4.79 Å². The van der Waals surface area contributed by atoms with Gasteiger partial charge < -0.3 is 21.1 Å². The predicted molar refractivity (Wildman–Crippen MR) is 122 cm³/mol. The third kappa shape index (κ3) is 5.22. The van der Waals surface area contributed by atoms with Crippen LogP contribution in [0.5, 0.6) is 0 Å². The fraction of sp³-hybridized carbons (Fsp3) is 0.680. The molecule has 31 heavy (non-hydrogen) atoms. The summed E-state index contributed by atoms with van der Waals surface area (Å²) in [6, 6.07) is 9.79. The van der Waals surface area contributed by atoms with Crippen molar-refractivity contribution in [1.82, 2.24) is 16.0 Å². The molecule has 6 nitrogen and oxygen atoms in total. The van der Waals surface area contributed by atoms with Gasteiger partial charge in [0.25, 0.3) is 0 Å². The summed E-state index contributed by atoms with van der Waals surface area (Å²) in [5, 5.41) is 20.4. The van der Waals surface area contributed by atoms with Gasteiger partial charge in [0.05, 0.1) is 6.10 Å². The number of hydrogen-bond acceptors (Lipinski definition) is 3. The lowest BCUT2D eigenvalue weighted by atomic mass is 9.52. The third-order valence-corrected chi connectivity index (χ3v) is 7.91. The van der Waals surface area contributed by atoms with E-state index in [4.69, 9.17) is 0 Å². The van der Waals surface area contributed by atoms with E-state index in [0.29, 0.717) is 13.1 Å². The number of benzene rings is 1. The van der Waals surface area contributed by atoms with Crippen molar-refractivity contribution < 1.29 is 14.7 Å². The van der Waals surface area contributed by atoms with Gasteiger partial charge in [-0.05, 0) is 61.3 Å². The molecule has 0 heterocycles. The van der Waals surface area contributed by atoms with E-state index in [-0.39, 0.29) is 47.1 Å². The summed E-state index contributed by atoms with van der Waals surface area (Å²) in [5.41, 5.74) is 1.12.